The summed E-state index contributed by atoms with van der Waals surface area (Å²) in [5, 5.41) is 9.83. The number of hydrogen-bond donors (Lipinski definition) is 1. The quantitative estimate of drug-likeness (QED) is 0.766. The Labute approximate surface area is 105 Å². The lowest BCUT2D eigenvalue weighted by Gasteiger charge is -2.55. The SMILES string of the molecule is CCC[C@@H]1OC[C@@]2(CO)[C@H](C)[C@@H]1C(C)=C[C@@H]2C. The lowest BCUT2D eigenvalue weighted by Crippen LogP contribution is -2.56. The van der Waals surface area contributed by atoms with Gasteiger partial charge in [-0.25, -0.2) is 0 Å². The summed E-state index contributed by atoms with van der Waals surface area (Å²) in [5.74, 6) is 1.45. The minimum Gasteiger partial charge on any atom is -0.396 e. The molecule has 2 rings (SSSR count). The van der Waals surface area contributed by atoms with Crippen LogP contribution in [-0.2, 0) is 4.74 Å². The highest BCUT2D eigenvalue weighted by molar-refractivity contribution is 5.20. The zero-order valence-electron chi connectivity index (χ0n) is 11.6. The maximum absolute atomic E-state index is 9.83. The minimum atomic E-state index is -0.0472. The Bertz CT molecular complexity index is 310. The van der Waals surface area contributed by atoms with Crippen LogP contribution in [0.4, 0.5) is 0 Å². The van der Waals surface area contributed by atoms with Crippen molar-refractivity contribution in [1.29, 1.82) is 0 Å². The van der Waals surface area contributed by atoms with Gasteiger partial charge in [-0.3, -0.25) is 0 Å². The molecule has 1 heterocycles. The van der Waals surface area contributed by atoms with Crippen molar-refractivity contribution < 1.29 is 9.84 Å². The summed E-state index contributed by atoms with van der Waals surface area (Å²) < 4.78 is 6.09. The lowest BCUT2D eigenvalue weighted by atomic mass is 9.56. The maximum Gasteiger partial charge on any atom is 0.0643 e. The zero-order valence-corrected chi connectivity index (χ0v) is 11.6. The van der Waals surface area contributed by atoms with Gasteiger partial charge in [0.2, 0.25) is 0 Å². The summed E-state index contributed by atoms with van der Waals surface area (Å²) in [4.78, 5) is 0. The van der Waals surface area contributed by atoms with Crippen LogP contribution in [0.5, 0.6) is 0 Å². The van der Waals surface area contributed by atoms with Crippen LogP contribution in [-0.4, -0.2) is 24.4 Å². The van der Waals surface area contributed by atoms with Crippen molar-refractivity contribution in [2.75, 3.05) is 13.2 Å². The first-order valence-electron chi connectivity index (χ1n) is 6.97. The van der Waals surface area contributed by atoms with Gasteiger partial charge < -0.3 is 9.84 Å². The van der Waals surface area contributed by atoms with E-state index in [4.69, 9.17) is 4.74 Å². The van der Waals surface area contributed by atoms with Crippen LogP contribution in [0.3, 0.4) is 0 Å². The van der Waals surface area contributed by atoms with E-state index < -0.39 is 0 Å². The molecule has 5 atom stereocenters. The number of ether oxygens (including phenoxy) is 1. The third kappa shape index (κ3) is 1.86. The monoisotopic (exact) mass is 238 g/mol. The summed E-state index contributed by atoms with van der Waals surface area (Å²) in [7, 11) is 0. The molecule has 1 fully saturated rings. The molecule has 2 bridgehead atoms. The topological polar surface area (TPSA) is 29.5 Å². The Balaban J connectivity index is 2.34. The van der Waals surface area contributed by atoms with Crippen molar-refractivity contribution in [2.45, 2.75) is 46.6 Å². The molecule has 0 amide bonds. The fourth-order valence-corrected chi connectivity index (χ4v) is 3.96. The van der Waals surface area contributed by atoms with E-state index in [2.05, 4.69) is 33.8 Å². The van der Waals surface area contributed by atoms with Crippen molar-refractivity contribution in [3.05, 3.63) is 11.6 Å². The van der Waals surface area contributed by atoms with E-state index in [-0.39, 0.29) is 12.0 Å². The fraction of sp³-hybridized carbons (Fsp3) is 0.867. The minimum absolute atomic E-state index is 0.0472. The van der Waals surface area contributed by atoms with E-state index >= 15 is 0 Å². The van der Waals surface area contributed by atoms with Gasteiger partial charge in [0.05, 0.1) is 19.3 Å². The summed E-state index contributed by atoms with van der Waals surface area (Å²) in [6.45, 7) is 9.93. The van der Waals surface area contributed by atoms with Gasteiger partial charge in [-0.1, -0.05) is 38.8 Å². The molecular weight excluding hydrogens is 212 g/mol. The first-order valence-corrected chi connectivity index (χ1v) is 6.97. The second kappa shape index (κ2) is 4.74. The standard InChI is InChI=1S/C15H26O2/c1-5-6-13-14-10(2)7-11(3)15(8-16,9-17-13)12(14)4/h7,11-14,16H,5-6,8-9H2,1-4H3/t11-,12+,13-,14-,15+/m0/s1. The number of aliphatic hydroxyl groups excluding tert-OH is 1. The molecule has 1 saturated heterocycles. The molecular formula is C15H26O2. The molecule has 0 aromatic carbocycles. The average molecular weight is 238 g/mol. The highest BCUT2D eigenvalue weighted by Gasteiger charge is 2.52. The normalized spacial score (nSPS) is 45.6. The third-order valence-electron chi connectivity index (χ3n) is 5.23. The lowest BCUT2D eigenvalue weighted by molar-refractivity contribution is -0.164. The molecule has 0 aromatic heterocycles. The first-order chi connectivity index (χ1) is 8.06. The molecule has 0 spiro atoms. The Morgan fingerprint density at radius 3 is 2.76 bits per heavy atom. The van der Waals surface area contributed by atoms with Crippen molar-refractivity contribution in [1.82, 2.24) is 0 Å². The van der Waals surface area contributed by atoms with Gasteiger partial charge in [0.1, 0.15) is 0 Å². The van der Waals surface area contributed by atoms with Crippen LogP contribution in [0.1, 0.15) is 40.5 Å². The zero-order chi connectivity index (χ0) is 12.6. The summed E-state index contributed by atoms with van der Waals surface area (Å²) >= 11 is 0. The average Bonchev–Trinajstić information content (AvgIpc) is 2.28. The summed E-state index contributed by atoms with van der Waals surface area (Å²) in [5.41, 5.74) is 1.42. The molecule has 0 saturated carbocycles. The van der Waals surface area contributed by atoms with Gasteiger partial charge in [-0.2, -0.15) is 0 Å². The molecule has 2 nitrogen and oxygen atoms in total. The molecule has 0 radical (unpaired) electrons. The van der Waals surface area contributed by atoms with E-state index in [1.807, 2.05) is 0 Å². The van der Waals surface area contributed by atoms with Crippen LogP contribution >= 0.6 is 0 Å². The Kier molecular flexibility index (Phi) is 3.65. The van der Waals surface area contributed by atoms with Crippen molar-refractivity contribution in [3.8, 4) is 0 Å². The molecule has 1 aliphatic heterocycles. The second-order valence-corrected chi connectivity index (χ2v) is 6.04. The van der Waals surface area contributed by atoms with Crippen LogP contribution in [0.25, 0.3) is 0 Å². The Morgan fingerprint density at radius 1 is 1.47 bits per heavy atom. The molecule has 98 valence electrons. The van der Waals surface area contributed by atoms with Gasteiger partial charge in [0.15, 0.2) is 0 Å². The number of aliphatic hydroxyl groups is 1. The largest absolute Gasteiger partial charge is 0.396 e. The smallest absolute Gasteiger partial charge is 0.0643 e. The van der Waals surface area contributed by atoms with Crippen LogP contribution < -0.4 is 0 Å². The molecule has 2 heteroatoms. The first kappa shape index (κ1) is 13.1. The molecule has 2 aliphatic rings. The van der Waals surface area contributed by atoms with Crippen LogP contribution in [0, 0.1) is 23.2 Å². The second-order valence-electron chi connectivity index (χ2n) is 6.04. The van der Waals surface area contributed by atoms with Gasteiger partial charge in [0, 0.05) is 11.3 Å². The molecule has 1 N–H and O–H groups in total. The van der Waals surface area contributed by atoms with E-state index in [1.54, 1.807) is 0 Å². The van der Waals surface area contributed by atoms with Crippen LogP contribution in [0.2, 0.25) is 0 Å². The van der Waals surface area contributed by atoms with Gasteiger partial charge in [0.25, 0.3) is 0 Å². The van der Waals surface area contributed by atoms with Crippen LogP contribution in [0.15, 0.2) is 11.6 Å². The van der Waals surface area contributed by atoms with Crippen molar-refractivity contribution in [3.63, 3.8) is 0 Å². The molecule has 17 heavy (non-hydrogen) atoms. The van der Waals surface area contributed by atoms with E-state index in [0.29, 0.717) is 23.9 Å². The third-order valence-corrected chi connectivity index (χ3v) is 5.23. The summed E-state index contributed by atoms with van der Waals surface area (Å²) in [6.07, 6.45) is 5.03. The highest BCUT2D eigenvalue weighted by Crippen LogP contribution is 2.52. The number of fused-ring (bicyclic) bond motifs is 2. The Hall–Kier alpha value is -0.340. The van der Waals surface area contributed by atoms with Gasteiger partial charge in [-0.15, -0.1) is 0 Å². The Morgan fingerprint density at radius 2 is 2.18 bits per heavy atom. The molecule has 1 aliphatic carbocycles. The van der Waals surface area contributed by atoms with Gasteiger partial charge >= 0.3 is 0 Å². The predicted molar refractivity (Wildman–Crippen MR) is 69.7 cm³/mol. The highest BCUT2D eigenvalue weighted by atomic mass is 16.5. The van der Waals surface area contributed by atoms with E-state index in [0.717, 1.165) is 13.0 Å². The summed E-state index contributed by atoms with van der Waals surface area (Å²) in [6, 6.07) is 0. The van der Waals surface area contributed by atoms with Gasteiger partial charge in [-0.05, 0) is 25.2 Å². The number of hydrogen-bond acceptors (Lipinski definition) is 2. The number of rotatable bonds is 3. The van der Waals surface area contributed by atoms with Crippen molar-refractivity contribution >= 4 is 0 Å². The van der Waals surface area contributed by atoms with E-state index in [9.17, 15) is 5.11 Å². The number of allylic oxidation sites excluding steroid dienone is 1. The molecule has 0 unspecified atom stereocenters. The fourth-order valence-electron chi connectivity index (χ4n) is 3.96. The van der Waals surface area contributed by atoms with E-state index in [1.165, 1.54) is 12.0 Å². The maximum atomic E-state index is 9.83. The molecule has 0 aromatic rings. The van der Waals surface area contributed by atoms with Crippen molar-refractivity contribution in [2.24, 2.45) is 23.2 Å². The predicted octanol–water partition coefficient (Wildman–Crippen LogP) is 3.01.